The molecule has 0 unspecified atom stereocenters. The average molecular weight is 462 g/mol. The highest BCUT2D eigenvalue weighted by Crippen LogP contribution is 2.22. The van der Waals surface area contributed by atoms with Gasteiger partial charge < -0.3 is 10.2 Å². The monoisotopic (exact) mass is 461 g/mol. The third kappa shape index (κ3) is 6.29. The van der Waals surface area contributed by atoms with E-state index in [9.17, 15) is 22.4 Å². The number of rotatable bonds is 10. The molecule has 1 aliphatic heterocycles. The van der Waals surface area contributed by atoms with Crippen LogP contribution < -0.4 is 9.62 Å². The SMILES string of the molecule is CS(=O)(=O)N(CCCC(=O)NCc1ccccc1CN1CCCC1=O)c1ccccc1F. The summed E-state index contributed by atoms with van der Waals surface area (Å²) in [5, 5.41) is 2.85. The number of anilines is 1. The number of hydrogen-bond donors (Lipinski definition) is 1. The van der Waals surface area contributed by atoms with E-state index in [2.05, 4.69) is 5.32 Å². The van der Waals surface area contributed by atoms with Crippen LogP contribution in [0.5, 0.6) is 0 Å². The number of amides is 2. The Morgan fingerprint density at radius 1 is 1.12 bits per heavy atom. The summed E-state index contributed by atoms with van der Waals surface area (Å²) in [6.07, 6.45) is 2.82. The highest BCUT2D eigenvalue weighted by molar-refractivity contribution is 7.92. The fourth-order valence-corrected chi connectivity index (χ4v) is 4.71. The fourth-order valence-electron chi connectivity index (χ4n) is 3.75. The maximum atomic E-state index is 14.1. The molecule has 1 heterocycles. The van der Waals surface area contributed by atoms with Crippen LogP contribution in [0.2, 0.25) is 0 Å². The van der Waals surface area contributed by atoms with Gasteiger partial charge >= 0.3 is 0 Å². The lowest BCUT2D eigenvalue weighted by Crippen LogP contribution is -2.32. The molecule has 32 heavy (non-hydrogen) atoms. The van der Waals surface area contributed by atoms with Gasteiger partial charge in [0.1, 0.15) is 5.82 Å². The Kier molecular flexibility index (Phi) is 7.84. The van der Waals surface area contributed by atoms with Crippen LogP contribution in [-0.2, 0) is 32.7 Å². The zero-order chi connectivity index (χ0) is 23.1. The Hall–Kier alpha value is -2.94. The van der Waals surface area contributed by atoms with Gasteiger partial charge in [-0.25, -0.2) is 12.8 Å². The van der Waals surface area contributed by atoms with Crippen molar-refractivity contribution in [2.24, 2.45) is 0 Å². The Morgan fingerprint density at radius 2 is 1.81 bits per heavy atom. The number of carbonyl (C=O) groups excluding carboxylic acids is 2. The minimum absolute atomic E-state index is 0.000839. The molecule has 0 aromatic heterocycles. The summed E-state index contributed by atoms with van der Waals surface area (Å²) in [5.74, 6) is -0.705. The first-order valence-electron chi connectivity index (χ1n) is 10.6. The Labute approximate surface area is 188 Å². The maximum absolute atomic E-state index is 14.1. The molecule has 2 aromatic rings. The van der Waals surface area contributed by atoms with E-state index in [0.29, 0.717) is 19.5 Å². The number of likely N-dealkylation sites (tertiary alicyclic amines) is 1. The molecule has 0 bridgehead atoms. The van der Waals surface area contributed by atoms with Crippen LogP contribution in [0, 0.1) is 5.82 Å². The number of nitrogens with zero attached hydrogens (tertiary/aromatic N) is 2. The topological polar surface area (TPSA) is 86.8 Å². The molecule has 0 saturated carbocycles. The molecule has 1 saturated heterocycles. The van der Waals surface area contributed by atoms with E-state index >= 15 is 0 Å². The summed E-state index contributed by atoms with van der Waals surface area (Å²) >= 11 is 0. The summed E-state index contributed by atoms with van der Waals surface area (Å²) in [6, 6.07) is 13.3. The normalized spacial score (nSPS) is 13.9. The molecule has 3 rings (SSSR count). The van der Waals surface area contributed by atoms with Crippen LogP contribution in [0.4, 0.5) is 10.1 Å². The van der Waals surface area contributed by atoms with Crippen molar-refractivity contribution in [3.63, 3.8) is 0 Å². The highest BCUT2D eigenvalue weighted by Gasteiger charge is 2.22. The minimum atomic E-state index is -3.69. The summed E-state index contributed by atoms with van der Waals surface area (Å²) in [7, 11) is -3.69. The standard InChI is InChI=1S/C23H28FN3O4S/c1-32(30,31)27(21-11-5-4-10-20(21)24)15-6-12-22(28)25-16-18-8-2-3-9-19(18)17-26-14-7-13-23(26)29/h2-5,8-11H,6-7,12-17H2,1H3,(H,25,28). The number of para-hydroxylation sites is 1. The number of halogens is 1. The predicted molar refractivity (Wildman–Crippen MR) is 121 cm³/mol. The molecule has 172 valence electrons. The van der Waals surface area contributed by atoms with Crippen molar-refractivity contribution in [1.29, 1.82) is 0 Å². The molecule has 2 amide bonds. The molecule has 2 aromatic carbocycles. The highest BCUT2D eigenvalue weighted by atomic mass is 32.2. The lowest BCUT2D eigenvalue weighted by Gasteiger charge is -2.22. The van der Waals surface area contributed by atoms with Gasteiger partial charge in [-0.2, -0.15) is 0 Å². The third-order valence-electron chi connectivity index (χ3n) is 5.41. The lowest BCUT2D eigenvalue weighted by atomic mass is 10.1. The lowest BCUT2D eigenvalue weighted by molar-refractivity contribution is -0.128. The van der Waals surface area contributed by atoms with E-state index in [1.165, 1.54) is 18.2 Å². The minimum Gasteiger partial charge on any atom is -0.352 e. The van der Waals surface area contributed by atoms with Crippen molar-refractivity contribution in [2.45, 2.75) is 38.8 Å². The molecule has 0 spiro atoms. The van der Waals surface area contributed by atoms with Gasteiger partial charge in [0.25, 0.3) is 0 Å². The molecule has 1 aliphatic rings. The van der Waals surface area contributed by atoms with Crippen LogP contribution in [0.15, 0.2) is 48.5 Å². The molecule has 1 fully saturated rings. The van der Waals surface area contributed by atoms with Crippen LogP contribution >= 0.6 is 0 Å². The molecule has 0 atom stereocenters. The molecule has 0 aliphatic carbocycles. The second kappa shape index (κ2) is 10.6. The number of hydrogen-bond acceptors (Lipinski definition) is 4. The van der Waals surface area contributed by atoms with Gasteiger partial charge in [0.2, 0.25) is 21.8 Å². The summed E-state index contributed by atoms with van der Waals surface area (Å²) in [6.45, 7) is 1.59. The Morgan fingerprint density at radius 3 is 2.47 bits per heavy atom. The zero-order valence-corrected chi connectivity index (χ0v) is 18.9. The van der Waals surface area contributed by atoms with Crippen molar-refractivity contribution in [1.82, 2.24) is 10.2 Å². The quantitative estimate of drug-likeness (QED) is 0.590. The number of benzene rings is 2. The Bertz CT molecular complexity index is 1070. The van der Waals surface area contributed by atoms with E-state index in [4.69, 9.17) is 0 Å². The maximum Gasteiger partial charge on any atom is 0.232 e. The Balaban J connectivity index is 1.53. The van der Waals surface area contributed by atoms with E-state index in [0.717, 1.165) is 34.7 Å². The van der Waals surface area contributed by atoms with Gasteiger partial charge in [0, 0.05) is 39.0 Å². The molecule has 0 radical (unpaired) electrons. The second-order valence-electron chi connectivity index (χ2n) is 7.85. The van der Waals surface area contributed by atoms with Crippen molar-refractivity contribution in [3.05, 3.63) is 65.5 Å². The van der Waals surface area contributed by atoms with Gasteiger partial charge in [0.05, 0.1) is 11.9 Å². The first-order chi connectivity index (χ1) is 15.3. The smallest absolute Gasteiger partial charge is 0.232 e. The number of nitrogens with one attached hydrogen (secondary N) is 1. The van der Waals surface area contributed by atoms with Crippen LogP contribution in [0.1, 0.15) is 36.8 Å². The number of sulfonamides is 1. The van der Waals surface area contributed by atoms with Gasteiger partial charge in [-0.1, -0.05) is 36.4 Å². The van der Waals surface area contributed by atoms with E-state index < -0.39 is 15.8 Å². The average Bonchev–Trinajstić information content (AvgIpc) is 3.15. The predicted octanol–water partition coefficient (Wildman–Crippen LogP) is 2.81. The van der Waals surface area contributed by atoms with Crippen molar-refractivity contribution in [2.75, 3.05) is 23.7 Å². The summed E-state index contributed by atoms with van der Waals surface area (Å²) in [4.78, 5) is 26.1. The van der Waals surface area contributed by atoms with Crippen molar-refractivity contribution >= 4 is 27.5 Å². The van der Waals surface area contributed by atoms with Gasteiger partial charge in [-0.3, -0.25) is 13.9 Å². The first-order valence-corrected chi connectivity index (χ1v) is 12.4. The fraction of sp³-hybridized carbons (Fsp3) is 0.391. The van der Waals surface area contributed by atoms with E-state index in [1.54, 1.807) is 6.07 Å². The van der Waals surface area contributed by atoms with Gasteiger partial charge in [0.15, 0.2) is 0 Å². The van der Waals surface area contributed by atoms with E-state index in [-0.39, 0.29) is 36.9 Å². The molecule has 1 N–H and O–H groups in total. The van der Waals surface area contributed by atoms with Crippen LogP contribution in [-0.4, -0.2) is 44.5 Å². The zero-order valence-electron chi connectivity index (χ0n) is 18.1. The number of carbonyl (C=O) groups is 2. The first kappa shape index (κ1) is 23.7. The third-order valence-corrected chi connectivity index (χ3v) is 6.59. The van der Waals surface area contributed by atoms with Crippen LogP contribution in [0.25, 0.3) is 0 Å². The summed E-state index contributed by atoms with van der Waals surface area (Å²) in [5.41, 5.74) is 1.90. The molecule has 9 heteroatoms. The second-order valence-corrected chi connectivity index (χ2v) is 9.76. The van der Waals surface area contributed by atoms with E-state index in [1.807, 2.05) is 29.2 Å². The van der Waals surface area contributed by atoms with Crippen LogP contribution in [0.3, 0.4) is 0 Å². The molecular formula is C23H28FN3O4S. The largest absolute Gasteiger partial charge is 0.352 e. The molecular weight excluding hydrogens is 433 g/mol. The van der Waals surface area contributed by atoms with Gasteiger partial charge in [-0.05, 0) is 36.1 Å². The molecule has 7 nitrogen and oxygen atoms in total. The summed E-state index contributed by atoms with van der Waals surface area (Å²) < 4.78 is 39.3. The van der Waals surface area contributed by atoms with Crippen molar-refractivity contribution in [3.8, 4) is 0 Å². The van der Waals surface area contributed by atoms with Gasteiger partial charge in [-0.15, -0.1) is 0 Å². The van der Waals surface area contributed by atoms with Crippen molar-refractivity contribution < 1.29 is 22.4 Å².